The zero-order valence-corrected chi connectivity index (χ0v) is 14.5. The van der Waals surface area contributed by atoms with Gasteiger partial charge in [0.05, 0.1) is 10.4 Å². The minimum Gasteiger partial charge on any atom is -0.300 e. The van der Waals surface area contributed by atoms with E-state index in [1.54, 1.807) is 35.1 Å². The molecule has 0 atom stereocenters. The van der Waals surface area contributed by atoms with Crippen molar-refractivity contribution in [3.8, 4) is 17.1 Å². The van der Waals surface area contributed by atoms with Crippen molar-refractivity contribution in [2.75, 3.05) is 6.26 Å². The highest BCUT2D eigenvalue weighted by Gasteiger charge is 2.12. The lowest BCUT2D eigenvalue weighted by Crippen LogP contribution is -1.99. The molecule has 0 fully saturated rings. The van der Waals surface area contributed by atoms with E-state index in [4.69, 9.17) is 0 Å². The van der Waals surface area contributed by atoms with E-state index in [-0.39, 0.29) is 4.90 Å². The van der Waals surface area contributed by atoms with E-state index in [1.165, 1.54) is 6.26 Å². The Morgan fingerprint density at radius 3 is 2.52 bits per heavy atom. The minimum atomic E-state index is -3.22. The van der Waals surface area contributed by atoms with Crippen molar-refractivity contribution in [3.05, 3.63) is 54.9 Å². The highest BCUT2D eigenvalue weighted by Crippen LogP contribution is 2.24. The predicted octanol–water partition coefficient (Wildman–Crippen LogP) is 2.22. The average molecular weight is 353 g/mol. The number of fused-ring (bicyclic) bond motifs is 1. The van der Waals surface area contributed by atoms with Crippen LogP contribution in [0.5, 0.6) is 0 Å². The molecule has 7 nitrogen and oxygen atoms in total. The molecule has 2 aromatic heterocycles. The molecule has 0 spiro atoms. The summed E-state index contributed by atoms with van der Waals surface area (Å²) in [5.74, 6) is 0.725. The second-order valence-corrected chi connectivity index (χ2v) is 7.82. The van der Waals surface area contributed by atoms with Gasteiger partial charge in [0.1, 0.15) is 11.3 Å². The smallest absolute Gasteiger partial charge is 0.175 e. The van der Waals surface area contributed by atoms with Gasteiger partial charge in [-0.2, -0.15) is 0 Å². The summed E-state index contributed by atoms with van der Waals surface area (Å²) in [5, 5.41) is 8.16. The Labute approximate surface area is 144 Å². The summed E-state index contributed by atoms with van der Waals surface area (Å²) >= 11 is 0. The molecule has 2 aromatic carbocycles. The molecule has 25 heavy (non-hydrogen) atoms. The van der Waals surface area contributed by atoms with Crippen LogP contribution >= 0.6 is 0 Å². The number of rotatable bonds is 3. The van der Waals surface area contributed by atoms with Gasteiger partial charge in [0, 0.05) is 36.9 Å². The maximum Gasteiger partial charge on any atom is 0.175 e. The van der Waals surface area contributed by atoms with Crippen LogP contribution in [0.15, 0.2) is 59.8 Å². The molecule has 0 amide bonds. The van der Waals surface area contributed by atoms with Gasteiger partial charge in [0.2, 0.25) is 0 Å². The summed E-state index contributed by atoms with van der Waals surface area (Å²) in [6, 6.07) is 12.6. The Balaban J connectivity index is 1.79. The summed E-state index contributed by atoms with van der Waals surface area (Å²) in [4.78, 5) is 4.70. The van der Waals surface area contributed by atoms with E-state index in [9.17, 15) is 8.42 Å². The Hall–Kier alpha value is -3.00. The van der Waals surface area contributed by atoms with E-state index >= 15 is 0 Å². The van der Waals surface area contributed by atoms with Gasteiger partial charge >= 0.3 is 0 Å². The molecule has 0 aliphatic rings. The van der Waals surface area contributed by atoms with Crippen LogP contribution < -0.4 is 0 Å². The molecule has 0 aliphatic heterocycles. The number of hydrogen-bond donors (Lipinski definition) is 0. The third kappa shape index (κ3) is 2.70. The number of benzene rings is 2. The van der Waals surface area contributed by atoms with E-state index in [2.05, 4.69) is 15.3 Å². The molecule has 4 rings (SSSR count). The van der Waals surface area contributed by atoms with E-state index in [1.807, 2.05) is 36.0 Å². The standard InChI is InChI=1S/C17H15N5O2S/c1-21-16-8-5-13(11-15(16)19-20-21)22-10-9-18-17(22)12-3-6-14(7-4-12)25(2,23)24/h3-11H,1-2H3. The van der Waals surface area contributed by atoms with Gasteiger partial charge in [-0.3, -0.25) is 4.57 Å². The number of nitrogens with zero attached hydrogens (tertiary/aromatic N) is 5. The second-order valence-electron chi connectivity index (χ2n) is 5.80. The van der Waals surface area contributed by atoms with Crippen LogP contribution in [0.3, 0.4) is 0 Å². The Bertz CT molecular complexity index is 1170. The van der Waals surface area contributed by atoms with E-state index in [0.717, 1.165) is 28.1 Å². The molecular formula is C17H15N5O2S. The quantitative estimate of drug-likeness (QED) is 0.564. The molecule has 0 N–H and O–H groups in total. The summed E-state index contributed by atoms with van der Waals surface area (Å²) in [7, 11) is -1.37. The number of sulfone groups is 1. The van der Waals surface area contributed by atoms with Gasteiger partial charge in [0.15, 0.2) is 9.84 Å². The summed E-state index contributed by atoms with van der Waals surface area (Å²) in [5.41, 5.74) is 3.49. The molecule has 0 radical (unpaired) electrons. The number of aromatic nitrogens is 5. The van der Waals surface area contributed by atoms with Crippen LogP contribution in [-0.4, -0.2) is 39.2 Å². The molecule has 0 saturated carbocycles. The monoisotopic (exact) mass is 353 g/mol. The van der Waals surface area contributed by atoms with Crippen LogP contribution in [0, 0.1) is 0 Å². The van der Waals surface area contributed by atoms with Crippen molar-refractivity contribution in [3.63, 3.8) is 0 Å². The van der Waals surface area contributed by atoms with Crippen LogP contribution in [0.1, 0.15) is 0 Å². The molecule has 0 saturated heterocycles. The predicted molar refractivity (Wildman–Crippen MR) is 94.2 cm³/mol. The lowest BCUT2D eigenvalue weighted by Gasteiger charge is -2.08. The zero-order chi connectivity index (χ0) is 17.6. The third-order valence-corrected chi connectivity index (χ3v) is 5.18. The summed E-state index contributed by atoms with van der Waals surface area (Å²) in [6.45, 7) is 0. The fourth-order valence-corrected chi connectivity index (χ4v) is 3.39. The first-order chi connectivity index (χ1) is 11.9. The summed E-state index contributed by atoms with van der Waals surface area (Å²) in [6.07, 6.45) is 4.76. The van der Waals surface area contributed by atoms with Crippen molar-refractivity contribution in [1.82, 2.24) is 24.5 Å². The molecule has 0 aliphatic carbocycles. The average Bonchev–Trinajstić information content (AvgIpc) is 3.21. The van der Waals surface area contributed by atoms with Gasteiger partial charge in [-0.1, -0.05) is 5.21 Å². The molecule has 2 heterocycles. The summed E-state index contributed by atoms with van der Waals surface area (Å²) < 4.78 is 26.9. The maximum atomic E-state index is 11.6. The fraction of sp³-hybridized carbons (Fsp3) is 0.118. The molecule has 0 bridgehead atoms. The normalized spacial score (nSPS) is 11.9. The first-order valence-electron chi connectivity index (χ1n) is 7.57. The molecular weight excluding hydrogens is 338 g/mol. The first-order valence-corrected chi connectivity index (χ1v) is 9.46. The Kier molecular flexibility index (Phi) is 3.43. The Morgan fingerprint density at radius 2 is 1.80 bits per heavy atom. The maximum absolute atomic E-state index is 11.6. The van der Waals surface area contributed by atoms with Gasteiger partial charge < -0.3 is 0 Å². The molecule has 126 valence electrons. The molecule has 8 heteroatoms. The van der Waals surface area contributed by atoms with E-state index < -0.39 is 9.84 Å². The van der Waals surface area contributed by atoms with Gasteiger partial charge in [-0.15, -0.1) is 5.10 Å². The van der Waals surface area contributed by atoms with Gasteiger partial charge in [-0.25, -0.2) is 18.1 Å². The second kappa shape index (κ2) is 5.52. The van der Waals surface area contributed by atoms with Crippen molar-refractivity contribution in [2.24, 2.45) is 7.05 Å². The van der Waals surface area contributed by atoms with Gasteiger partial charge in [0.25, 0.3) is 0 Å². The van der Waals surface area contributed by atoms with E-state index in [0.29, 0.717) is 0 Å². The SMILES string of the molecule is Cn1nnc2cc(-n3ccnc3-c3ccc(S(C)(=O)=O)cc3)ccc21. The first kappa shape index (κ1) is 15.5. The topological polar surface area (TPSA) is 82.7 Å². The minimum absolute atomic E-state index is 0.287. The lowest BCUT2D eigenvalue weighted by molar-refractivity contribution is 0.602. The van der Waals surface area contributed by atoms with Crippen molar-refractivity contribution in [2.45, 2.75) is 4.90 Å². The van der Waals surface area contributed by atoms with Crippen molar-refractivity contribution < 1.29 is 8.42 Å². The van der Waals surface area contributed by atoms with Crippen molar-refractivity contribution in [1.29, 1.82) is 0 Å². The lowest BCUT2D eigenvalue weighted by atomic mass is 10.2. The molecule has 0 unspecified atom stereocenters. The zero-order valence-electron chi connectivity index (χ0n) is 13.7. The van der Waals surface area contributed by atoms with Crippen LogP contribution in [0.25, 0.3) is 28.1 Å². The third-order valence-electron chi connectivity index (χ3n) is 4.05. The fourth-order valence-electron chi connectivity index (χ4n) is 2.76. The number of hydrogen-bond acceptors (Lipinski definition) is 5. The Morgan fingerprint density at radius 1 is 1.04 bits per heavy atom. The van der Waals surface area contributed by atoms with Gasteiger partial charge in [-0.05, 0) is 42.5 Å². The largest absolute Gasteiger partial charge is 0.300 e. The van der Waals surface area contributed by atoms with Crippen molar-refractivity contribution >= 4 is 20.9 Å². The number of aryl methyl sites for hydroxylation is 1. The molecule has 4 aromatic rings. The van der Waals surface area contributed by atoms with Crippen LogP contribution in [0.4, 0.5) is 0 Å². The van der Waals surface area contributed by atoms with Crippen LogP contribution in [0.2, 0.25) is 0 Å². The highest BCUT2D eigenvalue weighted by atomic mass is 32.2. The van der Waals surface area contributed by atoms with Crippen LogP contribution in [-0.2, 0) is 16.9 Å². The highest BCUT2D eigenvalue weighted by molar-refractivity contribution is 7.90. The number of imidazole rings is 1.